The minimum Gasteiger partial charge on any atom is -0.427 e. The lowest BCUT2D eigenvalue weighted by Gasteiger charge is -2.32. The maximum atomic E-state index is 12.5. The summed E-state index contributed by atoms with van der Waals surface area (Å²) < 4.78 is 5.02. The van der Waals surface area contributed by atoms with E-state index in [1.165, 1.54) is 25.3 Å². The average molecular weight is 370 g/mol. The number of allylic oxidation sites excluding steroid dienone is 1. The molecule has 6 heteroatoms. The molecule has 1 aromatic rings. The largest absolute Gasteiger partial charge is 0.427 e. The first-order valence-corrected chi connectivity index (χ1v) is 9.49. The third-order valence-electron chi connectivity index (χ3n) is 5.07. The molecule has 1 aliphatic carbocycles. The molecule has 144 valence electrons. The molecule has 1 N–H and O–H groups in total. The van der Waals surface area contributed by atoms with Gasteiger partial charge in [-0.25, -0.2) is 0 Å². The number of amides is 2. The van der Waals surface area contributed by atoms with Crippen molar-refractivity contribution in [3.8, 4) is 5.75 Å². The number of benzene rings is 1. The highest BCUT2D eigenvalue weighted by molar-refractivity contribution is 5.95. The molecule has 2 aliphatic rings. The van der Waals surface area contributed by atoms with Crippen LogP contribution in [0.3, 0.4) is 0 Å². The predicted octanol–water partition coefficient (Wildman–Crippen LogP) is 2.69. The van der Waals surface area contributed by atoms with Crippen LogP contribution in [0, 0.1) is 5.92 Å². The fraction of sp³-hybridized carbons (Fsp3) is 0.476. The molecule has 1 aliphatic heterocycles. The van der Waals surface area contributed by atoms with Gasteiger partial charge in [0.25, 0.3) is 5.91 Å². The minimum atomic E-state index is -0.421. The molecule has 0 aromatic heterocycles. The SMILES string of the molecule is CC(=O)Oc1cccc(C(=O)NC2CCN(C(=O)/C=C(\C)C3CC3)CC2)c1. The number of esters is 1. The average Bonchev–Trinajstić information content (AvgIpc) is 3.47. The molecule has 2 amide bonds. The quantitative estimate of drug-likeness (QED) is 0.491. The first-order chi connectivity index (χ1) is 12.9. The van der Waals surface area contributed by atoms with Gasteiger partial charge in [-0.15, -0.1) is 0 Å². The highest BCUT2D eigenvalue weighted by Gasteiger charge is 2.26. The van der Waals surface area contributed by atoms with E-state index in [0.717, 1.165) is 12.8 Å². The smallest absolute Gasteiger partial charge is 0.308 e. The van der Waals surface area contributed by atoms with Crippen molar-refractivity contribution in [1.29, 1.82) is 0 Å². The highest BCUT2D eigenvalue weighted by atomic mass is 16.5. The summed E-state index contributed by atoms with van der Waals surface area (Å²) >= 11 is 0. The van der Waals surface area contributed by atoms with Gasteiger partial charge in [0, 0.05) is 37.7 Å². The molecule has 1 saturated carbocycles. The van der Waals surface area contributed by atoms with Crippen molar-refractivity contribution in [2.75, 3.05) is 13.1 Å². The van der Waals surface area contributed by atoms with Crippen molar-refractivity contribution in [3.63, 3.8) is 0 Å². The van der Waals surface area contributed by atoms with Gasteiger partial charge in [0.1, 0.15) is 5.75 Å². The Bertz CT molecular complexity index is 759. The Morgan fingerprint density at radius 1 is 1.11 bits per heavy atom. The molecule has 0 atom stereocenters. The lowest BCUT2D eigenvalue weighted by atomic mass is 10.0. The van der Waals surface area contributed by atoms with Crippen LogP contribution in [0.4, 0.5) is 0 Å². The standard InChI is InChI=1S/C21H26N2O4/c1-14(16-6-7-16)12-20(25)23-10-8-18(9-11-23)22-21(26)17-4-3-5-19(13-17)27-15(2)24/h3-5,12-13,16,18H,6-11H2,1-2H3,(H,22,26)/b14-12+. The summed E-state index contributed by atoms with van der Waals surface area (Å²) in [5, 5.41) is 3.01. The molecule has 0 bridgehead atoms. The lowest BCUT2D eigenvalue weighted by molar-refractivity contribution is -0.132. The molecule has 0 spiro atoms. The molecule has 27 heavy (non-hydrogen) atoms. The fourth-order valence-electron chi connectivity index (χ4n) is 3.32. The predicted molar refractivity (Wildman–Crippen MR) is 101 cm³/mol. The minimum absolute atomic E-state index is 0.0347. The zero-order chi connectivity index (χ0) is 19.4. The Balaban J connectivity index is 1.50. The third kappa shape index (κ3) is 5.42. The monoisotopic (exact) mass is 370 g/mol. The Labute approximate surface area is 159 Å². The van der Waals surface area contributed by atoms with Crippen LogP contribution < -0.4 is 10.1 Å². The summed E-state index contributed by atoms with van der Waals surface area (Å²) in [7, 11) is 0. The molecular weight excluding hydrogens is 344 g/mol. The zero-order valence-electron chi connectivity index (χ0n) is 15.9. The number of hydrogen-bond acceptors (Lipinski definition) is 4. The van der Waals surface area contributed by atoms with Crippen LogP contribution >= 0.6 is 0 Å². The second kappa shape index (κ2) is 8.37. The summed E-state index contributed by atoms with van der Waals surface area (Å²) in [5.41, 5.74) is 1.64. The van der Waals surface area contributed by atoms with Crippen molar-refractivity contribution in [3.05, 3.63) is 41.5 Å². The summed E-state index contributed by atoms with van der Waals surface area (Å²) in [6.07, 6.45) is 5.64. The van der Waals surface area contributed by atoms with Gasteiger partial charge in [0.15, 0.2) is 0 Å². The van der Waals surface area contributed by atoms with E-state index in [0.29, 0.717) is 30.3 Å². The van der Waals surface area contributed by atoms with E-state index < -0.39 is 5.97 Å². The van der Waals surface area contributed by atoms with E-state index in [4.69, 9.17) is 4.74 Å². The summed E-state index contributed by atoms with van der Waals surface area (Å²) in [6.45, 7) is 4.65. The van der Waals surface area contributed by atoms with Gasteiger partial charge >= 0.3 is 5.97 Å². The van der Waals surface area contributed by atoms with Crippen molar-refractivity contribution in [2.45, 2.75) is 45.6 Å². The third-order valence-corrected chi connectivity index (χ3v) is 5.07. The number of rotatable bonds is 5. The highest BCUT2D eigenvalue weighted by Crippen LogP contribution is 2.36. The number of likely N-dealkylation sites (tertiary alicyclic amines) is 1. The molecule has 6 nitrogen and oxygen atoms in total. The molecule has 1 saturated heterocycles. The topological polar surface area (TPSA) is 75.7 Å². The van der Waals surface area contributed by atoms with E-state index in [1.54, 1.807) is 30.3 Å². The normalized spacial score (nSPS) is 18.1. The van der Waals surface area contributed by atoms with Crippen molar-refractivity contribution >= 4 is 17.8 Å². The maximum absolute atomic E-state index is 12.5. The van der Waals surface area contributed by atoms with E-state index in [2.05, 4.69) is 5.32 Å². The number of nitrogens with one attached hydrogen (secondary N) is 1. The molecule has 0 radical (unpaired) electrons. The van der Waals surface area contributed by atoms with Crippen molar-refractivity contribution in [2.24, 2.45) is 5.92 Å². The van der Waals surface area contributed by atoms with Crippen LogP contribution in [-0.4, -0.2) is 41.8 Å². The van der Waals surface area contributed by atoms with Crippen LogP contribution in [-0.2, 0) is 9.59 Å². The van der Waals surface area contributed by atoms with E-state index in [1.807, 2.05) is 11.8 Å². The van der Waals surface area contributed by atoms with Gasteiger partial charge in [-0.2, -0.15) is 0 Å². The summed E-state index contributed by atoms with van der Waals surface area (Å²) in [4.78, 5) is 37.7. The van der Waals surface area contributed by atoms with Gasteiger partial charge < -0.3 is 15.0 Å². The van der Waals surface area contributed by atoms with Crippen molar-refractivity contribution < 1.29 is 19.1 Å². The van der Waals surface area contributed by atoms with Crippen LogP contribution in [0.15, 0.2) is 35.9 Å². The second-order valence-corrected chi connectivity index (χ2v) is 7.36. The second-order valence-electron chi connectivity index (χ2n) is 7.36. The Kier molecular flexibility index (Phi) is 5.94. The van der Waals surface area contributed by atoms with E-state index in [-0.39, 0.29) is 17.9 Å². The Morgan fingerprint density at radius 3 is 2.44 bits per heavy atom. The van der Waals surface area contributed by atoms with E-state index in [9.17, 15) is 14.4 Å². The first-order valence-electron chi connectivity index (χ1n) is 9.49. The molecule has 2 fully saturated rings. The van der Waals surface area contributed by atoms with Crippen LogP contribution in [0.1, 0.15) is 49.9 Å². The molecule has 3 rings (SSSR count). The van der Waals surface area contributed by atoms with Crippen LogP contribution in [0.5, 0.6) is 5.75 Å². The maximum Gasteiger partial charge on any atom is 0.308 e. The lowest BCUT2D eigenvalue weighted by Crippen LogP contribution is -2.46. The van der Waals surface area contributed by atoms with E-state index >= 15 is 0 Å². The van der Waals surface area contributed by atoms with Gasteiger partial charge in [-0.3, -0.25) is 14.4 Å². The van der Waals surface area contributed by atoms with Gasteiger partial charge in [-0.05, 0) is 56.7 Å². The Hall–Kier alpha value is -2.63. The van der Waals surface area contributed by atoms with Crippen LogP contribution in [0.2, 0.25) is 0 Å². The van der Waals surface area contributed by atoms with Gasteiger partial charge in [0.05, 0.1) is 0 Å². The molecule has 0 unspecified atom stereocenters. The number of carbonyl (C=O) groups excluding carboxylic acids is 3. The number of piperidine rings is 1. The number of ether oxygens (including phenoxy) is 1. The summed E-state index contributed by atoms with van der Waals surface area (Å²) in [6, 6.07) is 6.60. The van der Waals surface area contributed by atoms with Gasteiger partial charge in [-0.1, -0.05) is 11.6 Å². The summed E-state index contributed by atoms with van der Waals surface area (Å²) in [5.74, 6) is 0.425. The number of carbonyl (C=O) groups is 3. The fourth-order valence-corrected chi connectivity index (χ4v) is 3.32. The Morgan fingerprint density at radius 2 is 1.81 bits per heavy atom. The number of hydrogen-bond donors (Lipinski definition) is 1. The first kappa shape index (κ1) is 19.1. The van der Waals surface area contributed by atoms with Crippen LogP contribution in [0.25, 0.3) is 0 Å². The van der Waals surface area contributed by atoms with Crippen molar-refractivity contribution in [1.82, 2.24) is 10.2 Å². The molecule has 1 aromatic carbocycles. The number of nitrogens with zero attached hydrogens (tertiary/aromatic N) is 1. The zero-order valence-corrected chi connectivity index (χ0v) is 15.9. The van der Waals surface area contributed by atoms with Gasteiger partial charge in [0.2, 0.25) is 5.91 Å². The molecular formula is C21H26N2O4. The molecule has 1 heterocycles.